The van der Waals surface area contributed by atoms with Crippen molar-refractivity contribution < 1.29 is 4.84 Å². The zero-order valence-corrected chi connectivity index (χ0v) is 9.25. The van der Waals surface area contributed by atoms with E-state index in [9.17, 15) is 0 Å². The van der Waals surface area contributed by atoms with E-state index in [0.717, 1.165) is 30.8 Å². The summed E-state index contributed by atoms with van der Waals surface area (Å²) in [6, 6.07) is 0. The highest BCUT2D eigenvalue weighted by atomic mass is 16.7. The third-order valence-electron chi connectivity index (χ3n) is 3.43. The summed E-state index contributed by atoms with van der Waals surface area (Å²) < 4.78 is 0. The predicted octanol–water partition coefficient (Wildman–Crippen LogP) is 2.22. The first-order chi connectivity index (χ1) is 7.20. The van der Waals surface area contributed by atoms with Crippen LogP contribution in [-0.4, -0.2) is 17.9 Å². The molecule has 1 aliphatic heterocycles. The molecule has 1 fully saturated rings. The second-order valence-electron chi connectivity index (χ2n) is 4.31. The first-order valence-electron chi connectivity index (χ1n) is 5.47. The molecule has 0 saturated heterocycles. The number of fused-ring (bicyclic) bond motifs is 1. The third kappa shape index (κ3) is 1.46. The van der Waals surface area contributed by atoms with Crippen molar-refractivity contribution in [3.05, 3.63) is 24.9 Å². The molecular weight excluding hydrogens is 188 g/mol. The van der Waals surface area contributed by atoms with Crippen molar-refractivity contribution in [2.75, 3.05) is 6.54 Å². The molecule has 0 aromatic carbocycles. The first kappa shape index (κ1) is 10.3. The van der Waals surface area contributed by atoms with Gasteiger partial charge in [0.1, 0.15) is 0 Å². The van der Waals surface area contributed by atoms with Gasteiger partial charge in [-0.3, -0.25) is 0 Å². The van der Waals surface area contributed by atoms with Crippen LogP contribution in [0.3, 0.4) is 0 Å². The van der Waals surface area contributed by atoms with Crippen molar-refractivity contribution in [1.29, 1.82) is 0 Å². The number of oxime groups is 1. The summed E-state index contributed by atoms with van der Waals surface area (Å²) >= 11 is 0. The average Bonchev–Trinajstić information content (AvgIpc) is 2.77. The van der Waals surface area contributed by atoms with Crippen molar-refractivity contribution in [3.63, 3.8) is 0 Å². The van der Waals surface area contributed by atoms with Gasteiger partial charge in [0.2, 0.25) is 0 Å². The number of hydrogen-bond donors (Lipinski definition) is 1. The third-order valence-corrected chi connectivity index (χ3v) is 3.43. The smallest absolute Gasteiger partial charge is 0.184 e. The van der Waals surface area contributed by atoms with Crippen LogP contribution < -0.4 is 5.32 Å². The van der Waals surface area contributed by atoms with Crippen molar-refractivity contribution >= 4 is 5.71 Å². The molecule has 1 N–H and O–H groups in total. The predicted molar refractivity (Wildman–Crippen MR) is 61.6 cm³/mol. The molecule has 1 heterocycles. The van der Waals surface area contributed by atoms with Crippen molar-refractivity contribution in [1.82, 2.24) is 5.32 Å². The van der Waals surface area contributed by atoms with Gasteiger partial charge >= 0.3 is 0 Å². The van der Waals surface area contributed by atoms with E-state index in [1.54, 1.807) is 0 Å². The quantitative estimate of drug-likeness (QED) is 0.715. The molecule has 0 aromatic heterocycles. The van der Waals surface area contributed by atoms with Crippen LogP contribution in [0.4, 0.5) is 0 Å². The Hall–Kier alpha value is -1.25. The van der Waals surface area contributed by atoms with E-state index < -0.39 is 0 Å². The zero-order chi connectivity index (χ0) is 10.9. The molecule has 0 amide bonds. The van der Waals surface area contributed by atoms with E-state index in [-0.39, 0.29) is 5.60 Å². The highest BCUT2D eigenvalue weighted by Gasteiger charge is 2.52. The van der Waals surface area contributed by atoms with Gasteiger partial charge in [0.25, 0.3) is 0 Å². The molecule has 0 radical (unpaired) electrons. The van der Waals surface area contributed by atoms with Gasteiger partial charge in [-0.05, 0) is 26.2 Å². The fourth-order valence-electron chi connectivity index (χ4n) is 2.61. The van der Waals surface area contributed by atoms with Gasteiger partial charge in [0.15, 0.2) is 5.60 Å². The van der Waals surface area contributed by atoms with Gasteiger partial charge in [-0.2, -0.15) is 0 Å². The Morgan fingerprint density at radius 1 is 1.80 bits per heavy atom. The Labute approximate surface area is 90.9 Å². The second kappa shape index (κ2) is 3.72. The van der Waals surface area contributed by atoms with Crippen molar-refractivity contribution in [2.45, 2.75) is 31.8 Å². The van der Waals surface area contributed by atoms with E-state index in [1.807, 2.05) is 13.0 Å². The molecular formula is C12H18N2O. The average molecular weight is 206 g/mol. The molecule has 1 saturated carbocycles. The molecule has 3 heteroatoms. The minimum absolute atomic E-state index is 0.271. The largest absolute Gasteiger partial charge is 0.382 e. The molecule has 2 aliphatic rings. The summed E-state index contributed by atoms with van der Waals surface area (Å²) in [4.78, 5) is 5.63. The maximum Gasteiger partial charge on any atom is 0.184 e. The number of hydrogen-bond acceptors (Lipinski definition) is 3. The summed E-state index contributed by atoms with van der Waals surface area (Å²) in [5, 5.41) is 7.36. The minimum Gasteiger partial charge on any atom is -0.382 e. The topological polar surface area (TPSA) is 33.6 Å². The van der Waals surface area contributed by atoms with E-state index in [2.05, 4.69) is 23.6 Å². The maximum atomic E-state index is 5.63. The Kier molecular flexibility index (Phi) is 2.55. The lowest BCUT2D eigenvalue weighted by Crippen LogP contribution is -2.41. The van der Waals surface area contributed by atoms with Crippen LogP contribution in [0.1, 0.15) is 26.2 Å². The lowest BCUT2D eigenvalue weighted by molar-refractivity contribution is -0.00579. The molecule has 2 atom stereocenters. The fourth-order valence-corrected chi connectivity index (χ4v) is 2.61. The van der Waals surface area contributed by atoms with Crippen LogP contribution >= 0.6 is 0 Å². The van der Waals surface area contributed by atoms with Gasteiger partial charge in [0.05, 0.1) is 11.4 Å². The number of nitrogens with one attached hydrogen (secondary N) is 1. The monoisotopic (exact) mass is 206 g/mol. The van der Waals surface area contributed by atoms with E-state index in [4.69, 9.17) is 4.84 Å². The SMILES string of the molecule is C=CCNC(=C)C12CCCC1C(C)=NO2. The van der Waals surface area contributed by atoms with Crippen molar-refractivity contribution in [3.8, 4) is 0 Å². The molecule has 3 nitrogen and oxygen atoms in total. The van der Waals surface area contributed by atoms with Gasteiger partial charge < -0.3 is 10.2 Å². The fraction of sp³-hybridized carbons (Fsp3) is 0.583. The number of nitrogens with zero attached hydrogens (tertiary/aromatic N) is 1. The van der Waals surface area contributed by atoms with E-state index >= 15 is 0 Å². The molecule has 0 aromatic rings. The minimum atomic E-state index is -0.271. The molecule has 15 heavy (non-hydrogen) atoms. The molecule has 1 aliphatic carbocycles. The van der Waals surface area contributed by atoms with Crippen LogP contribution in [0.15, 0.2) is 30.1 Å². The van der Waals surface area contributed by atoms with Crippen molar-refractivity contribution in [2.24, 2.45) is 11.1 Å². The Bertz CT molecular complexity index is 322. The molecule has 2 rings (SSSR count). The molecule has 0 bridgehead atoms. The maximum absolute atomic E-state index is 5.63. The summed E-state index contributed by atoms with van der Waals surface area (Å²) in [7, 11) is 0. The van der Waals surface area contributed by atoms with Gasteiger partial charge in [-0.15, -0.1) is 6.58 Å². The highest BCUT2D eigenvalue weighted by molar-refractivity contribution is 5.87. The van der Waals surface area contributed by atoms with E-state index in [0.29, 0.717) is 5.92 Å². The Balaban J connectivity index is 2.13. The van der Waals surface area contributed by atoms with Gasteiger partial charge in [-0.1, -0.05) is 17.8 Å². The zero-order valence-electron chi connectivity index (χ0n) is 9.25. The lowest BCUT2D eigenvalue weighted by Gasteiger charge is -2.29. The molecule has 2 unspecified atom stereocenters. The Morgan fingerprint density at radius 2 is 2.60 bits per heavy atom. The van der Waals surface area contributed by atoms with E-state index in [1.165, 1.54) is 6.42 Å². The first-order valence-corrected chi connectivity index (χ1v) is 5.47. The summed E-state index contributed by atoms with van der Waals surface area (Å²) in [6.07, 6.45) is 5.19. The standard InChI is InChI=1S/C12H18N2O/c1-4-8-13-10(3)12-7-5-6-11(12)9(2)14-15-12/h4,11,13H,1,3,5-8H2,2H3. The van der Waals surface area contributed by atoms with Gasteiger partial charge in [-0.25, -0.2) is 0 Å². The lowest BCUT2D eigenvalue weighted by atomic mass is 9.86. The van der Waals surface area contributed by atoms with Gasteiger partial charge in [0, 0.05) is 12.5 Å². The highest BCUT2D eigenvalue weighted by Crippen LogP contribution is 2.46. The van der Waals surface area contributed by atoms with Crippen LogP contribution in [0, 0.1) is 5.92 Å². The molecule has 0 spiro atoms. The summed E-state index contributed by atoms with van der Waals surface area (Å²) in [5.74, 6) is 0.419. The summed E-state index contributed by atoms with van der Waals surface area (Å²) in [5.41, 5.74) is 1.78. The Morgan fingerprint density at radius 3 is 3.33 bits per heavy atom. The summed E-state index contributed by atoms with van der Waals surface area (Å²) in [6.45, 7) is 10.5. The second-order valence-corrected chi connectivity index (χ2v) is 4.31. The molecule has 82 valence electrons. The number of rotatable bonds is 4. The van der Waals surface area contributed by atoms with Crippen LogP contribution in [-0.2, 0) is 4.84 Å². The van der Waals surface area contributed by atoms with Crippen LogP contribution in [0.5, 0.6) is 0 Å². The van der Waals surface area contributed by atoms with Crippen LogP contribution in [0.25, 0.3) is 0 Å². The van der Waals surface area contributed by atoms with Crippen LogP contribution in [0.2, 0.25) is 0 Å². The normalized spacial score (nSPS) is 32.9.